The Morgan fingerprint density at radius 1 is 1.39 bits per heavy atom. The maximum absolute atomic E-state index is 12.5. The van der Waals surface area contributed by atoms with Gasteiger partial charge in [-0.2, -0.15) is 0 Å². The van der Waals surface area contributed by atoms with Crippen molar-refractivity contribution in [2.75, 3.05) is 31.6 Å². The summed E-state index contributed by atoms with van der Waals surface area (Å²) in [4.78, 5) is 30.6. The van der Waals surface area contributed by atoms with Crippen LogP contribution >= 0.6 is 0 Å². The largest absolute Gasteiger partial charge is 0.338 e. The summed E-state index contributed by atoms with van der Waals surface area (Å²) in [5.41, 5.74) is 1.46. The van der Waals surface area contributed by atoms with Crippen LogP contribution in [0.2, 0.25) is 0 Å². The average Bonchev–Trinajstić information content (AvgIpc) is 2.51. The molecule has 1 N–H and O–H groups in total. The highest BCUT2D eigenvalue weighted by Gasteiger charge is 2.32. The molecule has 8 heteroatoms. The molecule has 1 amide bonds. The highest BCUT2D eigenvalue weighted by atomic mass is 32.2. The first-order valence-corrected chi connectivity index (χ1v) is 9.56. The van der Waals surface area contributed by atoms with E-state index in [0.29, 0.717) is 31.6 Å². The van der Waals surface area contributed by atoms with Gasteiger partial charge in [0.25, 0.3) is 5.56 Å². The second kappa shape index (κ2) is 6.09. The highest BCUT2D eigenvalue weighted by molar-refractivity contribution is 7.91. The lowest BCUT2D eigenvalue weighted by atomic mass is 10.0. The van der Waals surface area contributed by atoms with Gasteiger partial charge in [-0.3, -0.25) is 9.59 Å². The first-order valence-electron chi connectivity index (χ1n) is 7.73. The summed E-state index contributed by atoms with van der Waals surface area (Å²) in [6.45, 7) is 1.33. The molecule has 3 rings (SSSR count). The molecule has 23 heavy (non-hydrogen) atoms. The fourth-order valence-corrected chi connectivity index (χ4v) is 4.90. The van der Waals surface area contributed by atoms with E-state index in [-0.39, 0.29) is 35.4 Å². The lowest BCUT2D eigenvalue weighted by Gasteiger charge is -2.34. The van der Waals surface area contributed by atoms with Crippen LogP contribution in [0.3, 0.4) is 0 Å². The molecule has 1 unspecified atom stereocenters. The molecule has 2 aliphatic rings. The fraction of sp³-hybridized carbons (Fsp3) is 0.600. The Morgan fingerprint density at radius 3 is 2.96 bits per heavy atom. The zero-order chi connectivity index (χ0) is 16.6. The van der Waals surface area contributed by atoms with Crippen LogP contribution in [0.1, 0.15) is 17.5 Å². The molecule has 3 heterocycles. The van der Waals surface area contributed by atoms with Gasteiger partial charge in [-0.1, -0.05) is 0 Å². The van der Waals surface area contributed by atoms with Gasteiger partial charge in [-0.15, -0.1) is 0 Å². The Bertz CT molecular complexity index is 771. The van der Waals surface area contributed by atoms with Crippen molar-refractivity contribution < 1.29 is 13.2 Å². The molecule has 0 aromatic carbocycles. The van der Waals surface area contributed by atoms with Crippen LogP contribution in [0, 0.1) is 0 Å². The third-order valence-electron chi connectivity index (χ3n) is 4.75. The van der Waals surface area contributed by atoms with Gasteiger partial charge in [-0.25, -0.2) is 8.42 Å². The van der Waals surface area contributed by atoms with Crippen LogP contribution < -0.4 is 5.56 Å². The lowest BCUT2D eigenvalue weighted by Crippen LogP contribution is -2.49. The standard InChI is InChI=1S/C15H21N3O4S/c1-17-6-7-23(21,22)10-12(17)8-14(19)18-5-3-11-2-4-16-15(20)13(11)9-18/h2,4,12H,3,5-10H2,1H3,(H,16,20). The van der Waals surface area contributed by atoms with Crippen molar-refractivity contribution >= 4 is 15.7 Å². The third kappa shape index (κ3) is 3.48. The normalized spacial score (nSPS) is 24.2. The Kier molecular flexibility index (Phi) is 4.29. The van der Waals surface area contributed by atoms with Crippen molar-refractivity contribution in [3.05, 3.63) is 33.7 Å². The van der Waals surface area contributed by atoms with Crippen molar-refractivity contribution in [3.8, 4) is 0 Å². The number of sulfone groups is 1. The molecule has 0 bridgehead atoms. The number of aromatic amines is 1. The Hall–Kier alpha value is -1.67. The Morgan fingerprint density at radius 2 is 2.17 bits per heavy atom. The minimum Gasteiger partial charge on any atom is -0.338 e. The minimum atomic E-state index is -3.06. The van der Waals surface area contributed by atoms with E-state index in [0.717, 1.165) is 5.56 Å². The SMILES string of the molecule is CN1CCS(=O)(=O)CC1CC(=O)N1CCc2cc[nH]c(=O)c2C1. The van der Waals surface area contributed by atoms with E-state index in [9.17, 15) is 18.0 Å². The van der Waals surface area contributed by atoms with E-state index in [4.69, 9.17) is 0 Å². The van der Waals surface area contributed by atoms with Gasteiger partial charge in [0.2, 0.25) is 5.91 Å². The topological polar surface area (TPSA) is 90.6 Å². The summed E-state index contributed by atoms with van der Waals surface area (Å²) in [6, 6.07) is 1.59. The van der Waals surface area contributed by atoms with Crippen LogP contribution in [-0.2, 0) is 27.6 Å². The van der Waals surface area contributed by atoms with Crippen LogP contribution in [-0.4, -0.2) is 66.8 Å². The zero-order valence-corrected chi connectivity index (χ0v) is 13.9. The molecule has 126 valence electrons. The highest BCUT2D eigenvalue weighted by Crippen LogP contribution is 2.19. The molecule has 1 atom stereocenters. The summed E-state index contributed by atoms with van der Waals surface area (Å²) >= 11 is 0. The van der Waals surface area contributed by atoms with Gasteiger partial charge in [-0.05, 0) is 25.1 Å². The molecule has 0 saturated carbocycles. The number of hydrogen-bond acceptors (Lipinski definition) is 5. The van der Waals surface area contributed by atoms with Crippen LogP contribution in [0.5, 0.6) is 0 Å². The van der Waals surface area contributed by atoms with E-state index < -0.39 is 9.84 Å². The van der Waals surface area contributed by atoms with Gasteiger partial charge in [0.15, 0.2) is 9.84 Å². The van der Waals surface area contributed by atoms with E-state index in [1.54, 1.807) is 11.1 Å². The van der Waals surface area contributed by atoms with Gasteiger partial charge in [0.05, 0.1) is 18.1 Å². The minimum absolute atomic E-state index is 0.0280. The molecule has 1 aromatic rings. The number of amides is 1. The van der Waals surface area contributed by atoms with Crippen LogP contribution in [0.4, 0.5) is 0 Å². The lowest BCUT2D eigenvalue weighted by molar-refractivity contribution is -0.133. The van der Waals surface area contributed by atoms with Crippen molar-refractivity contribution in [1.82, 2.24) is 14.8 Å². The number of nitrogens with zero attached hydrogens (tertiary/aromatic N) is 2. The van der Waals surface area contributed by atoms with Crippen molar-refractivity contribution in [2.24, 2.45) is 0 Å². The maximum atomic E-state index is 12.5. The maximum Gasteiger partial charge on any atom is 0.253 e. The molecular weight excluding hydrogens is 318 g/mol. The Labute approximate surface area is 135 Å². The summed E-state index contributed by atoms with van der Waals surface area (Å²) in [6.07, 6.45) is 2.46. The molecular formula is C15H21N3O4S. The number of pyridine rings is 1. The first kappa shape index (κ1) is 16.2. The van der Waals surface area contributed by atoms with Gasteiger partial charge >= 0.3 is 0 Å². The van der Waals surface area contributed by atoms with Crippen molar-refractivity contribution in [2.45, 2.75) is 25.4 Å². The number of rotatable bonds is 2. The predicted molar refractivity (Wildman–Crippen MR) is 85.9 cm³/mol. The number of nitrogens with one attached hydrogen (secondary N) is 1. The molecule has 0 aliphatic carbocycles. The monoisotopic (exact) mass is 339 g/mol. The second-order valence-electron chi connectivity index (χ2n) is 6.33. The summed E-state index contributed by atoms with van der Waals surface area (Å²) < 4.78 is 23.6. The summed E-state index contributed by atoms with van der Waals surface area (Å²) in [7, 11) is -1.21. The first-order chi connectivity index (χ1) is 10.9. The summed E-state index contributed by atoms with van der Waals surface area (Å²) in [5.74, 6) is 0.0915. The molecule has 1 aromatic heterocycles. The second-order valence-corrected chi connectivity index (χ2v) is 8.56. The molecule has 1 fully saturated rings. The van der Waals surface area contributed by atoms with E-state index in [1.807, 2.05) is 18.0 Å². The van der Waals surface area contributed by atoms with Gasteiger partial charge < -0.3 is 14.8 Å². The molecule has 1 saturated heterocycles. The van der Waals surface area contributed by atoms with Crippen LogP contribution in [0.25, 0.3) is 0 Å². The fourth-order valence-electron chi connectivity index (χ4n) is 3.21. The summed E-state index contributed by atoms with van der Waals surface area (Å²) in [5, 5.41) is 0. The number of aromatic nitrogens is 1. The number of carbonyl (C=O) groups is 1. The van der Waals surface area contributed by atoms with E-state index in [1.165, 1.54) is 0 Å². The molecule has 0 spiro atoms. The Balaban J connectivity index is 1.70. The molecule has 2 aliphatic heterocycles. The number of carbonyl (C=O) groups excluding carboxylic acids is 1. The van der Waals surface area contributed by atoms with Gasteiger partial charge in [0, 0.05) is 37.3 Å². The predicted octanol–water partition coefficient (Wildman–Crippen LogP) is -0.621. The zero-order valence-electron chi connectivity index (χ0n) is 13.1. The van der Waals surface area contributed by atoms with Crippen molar-refractivity contribution in [3.63, 3.8) is 0 Å². The molecule has 0 radical (unpaired) electrons. The smallest absolute Gasteiger partial charge is 0.253 e. The number of fused-ring (bicyclic) bond motifs is 1. The third-order valence-corrected chi connectivity index (χ3v) is 6.45. The quantitative estimate of drug-likeness (QED) is 0.775. The van der Waals surface area contributed by atoms with Gasteiger partial charge in [0.1, 0.15) is 0 Å². The number of hydrogen-bond donors (Lipinski definition) is 1. The van der Waals surface area contributed by atoms with Crippen LogP contribution in [0.15, 0.2) is 17.1 Å². The van der Waals surface area contributed by atoms with Crippen molar-refractivity contribution in [1.29, 1.82) is 0 Å². The van der Waals surface area contributed by atoms with E-state index in [2.05, 4.69) is 4.98 Å². The van der Waals surface area contributed by atoms with E-state index >= 15 is 0 Å². The number of H-pyrrole nitrogens is 1. The molecule has 7 nitrogen and oxygen atoms in total. The average molecular weight is 339 g/mol.